The highest BCUT2D eigenvalue weighted by molar-refractivity contribution is 6.01. The van der Waals surface area contributed by atoms with Crippen molar-refractivity contribution in [2.24, 2.45) is 0 Å². The molecule has 1 fully saturated rings. The van der Waals surface area contributed by atoms with Crippen LogP contribution in [-0.2, 0) is 26.9 Å². The number of ether oxygens (including phenoxy) is 2. The van der Waals surface area contributed by atoms with Crippen molar-refractivity contribution < 1.29 is 27.4 Å². The molecule has 1 atom stereocenters. The Hall–Kier alpha value is -3.09. The molecule has 0 aliphatic carbocycles. The van der Waals surface area contributed by atoms with Gasteiger partial charge in [0.1, 0.15) is 18.1 Å². The predicted octanol–water partition coefficient (Wildman–Crippen LogP) is 4.26. The highest BCUT2D eigenvalue weighted by atomic mass is 19.4. The maximum atomic E-state index is 13.2. The van der Waals surface area contributed by atoms with E-state index in [-0.39, 0.29) is 31.0 Å². The van der Waals surface area contributed by atoms with Crippen LogP contribution in [0.4, 0.5) is 30.4 Å². The Labute approximate surface area is 183 Å². The molecule has 168 valence electrons. The Bertz CT molecular complexity index is 1070. The van der Waals surface area contributed by atoms with Gasteiger partial charge in [-0.25, -0.2) is 4.98 Å². The second kappa shape index (κ2) is 9.18. The minimum absolute atomic E-state index is 0.0149. The summed E-state index contributed by atoms with van der Waals surface area (Å²) in [6.07, 6.45) is -1.82. The zero-order valence-electron chi connectivity index (χ0n) is 17.5. The molecule has 0 bridgehead atoms. The van der Waals surface area contributed by atoms with Crippen molar-refractivity contribution in [3.8, 4) is 11.8 Å². The minimum atomic E-state index is -4.59. The van der Waals surface area contributed by atoms with Crippen LogP contribution < -0.4 is 10.2 Å². The molecule has 1 aromatic heterocycles. The molecular weight excluding hydrogens is 423 g/mol. The van der Waals surface area contributed by atoms with E-state index in [0.717, 1.165) is 36.6 Å². The average Bonchev–Trinajstić information content (AvgIpc) is 3.05. The van der Waals surface area contributed by atoms with Gasteiger partial charge in [0, 0.05) is 25.0 Å². The number of hydrogen-bond acceptors (Lipinski definition) is 5. The van der Waals surface area contributed by atoms with Crippen LogP contribution in [0.25, 0.3) is 0 Å². The zero-order chi connectivity index (χ0) is 22.7. The number of carbonyl (C=O) groups is 1. The third kappa shape index (κ3) is 5.03. The first-order valence-corrected chi connectivity index (χ1v) is 10.3. The van der Waals surface area contributed by atoms with E-state index < -0.39 is 11.9 Å². The highest BCUT2D eigenvalue weighted by Crippen LogP contribution is 2.33. The molecule has 9 heteroatoms. The summed E-state index contributed by atoms with van der Waals surface area (Å²) in [7, 11) is 1.68. The van der Waals surface area contributed by atoms with Gasteiger partial charge in [-0.2, -0.15) is 13.2 Å². The number of nitrogens with zero attached hydrogens (tertiary/aromatic N) is 2. The fraction of sp³-hybridized carbons (Fsp3) is 0.391. The van der Waals surface area contributed by atoms with Gasteiger partial charge in [-0.05, 0) is 55.2 Å². The number of pyridine rings is 1. The monoisotopic (exact) mass is 445 g/mol. The molecule has 1 unspecified atom stereocenters. The summed E-state index contributed by atoms with van der Waals surface area (Å²) in [6.45, 7) is 0.746. The molecular formula is C23H22F3N3O3. The maximum Gasteiger partial charge on any atom is 0.433 e. The van der Waals surface area contributed by atoms with Crippen LogP contribution in [0, 0.1) is 11.8 Å². The largest absolute Gasteiger partial charge is 0.433 e. The van der Waals surface area contributed by atoms with Gasteiger partial charge in [-0.15, -0.1) is 0 Å². The summed E-state index contributed by atoms with van der Waals surface area (Å²) in [5.41, 5.74) is 1.38. The molecule has 0 spiro atoms. The van der Waals surface area contributed by atoms with Crippen molar-refractivity contribution in [3.63, 3.8) is 0 Å². The van der Waals surface area contributed by atoms with Gasteiger partial charge < -0.3 is 19.7 Å². The van der Waals surface area contributed by atoms with Gasteiger partial charge in [-0.3, -0.25) is 4.79 Å². The van der Waals surface area contributed by atoms with E-state index >= 15 is 0 Å². The van der Waals surface area contributed by atoms with Crippen molar-refractivity contribution in [3.05, 3.63) is 47.2 Å². The van der Waals surface area contributed by atoms with Crippen LogP contribution >= 0.6 is 0 Å². The molecule has 0 radical (unpaired) electrons. The number of fused-ring (bicyclic) bond motifs is 1. The highest BCUT2D eigenvalue weighted by Gasteiger charge is 2.33. The summed E-state index contributed by atoms with van der Waals surface area (Å²) in [4.78, 5) is 17.2. The van der Waals surface area contributed by atoms with Crippen LogP contribution in [0.3, 0.4) is 0 Å². The van der Waals surface area contributed by atoms with E-state index in [2.05, 4.69) is 22.1 Å². The summed E-state index contributed by atoms with van der Waals surface area (Å²) in [5, 5.41) is 2.93. The predicted molar refractivity (Wildman–Crippen MR) is 112 cm³/mol. The van der Waals surface area contributed by atoms with Crippen LogP contribution in [0.5, 0.6) is 0 Å². The van der Waals surface area contributed by atoms with E-state index in [0.29, 0.717) is 17.9 Å². The molecule has 1 aromatic carbocycles. The van der Waals surface area contributed by atoms with Crippen LogP contribution in [0.15, 0.2) is 30.3 Å². The number of rotatable bonds is 4. The standard InChI is InChI=1S/C23H22F3N3O3/c1-29-18-9-8-17(13-16(18)14-20(29)30)27-22-15(7-10-19(28-22)23(24,25)26)5-4-12-32-21-6-2-3-11-31-21/h7-10,13,21H,2-3,6,11-12,14H2,1H3,(H,27,28). The number of halogens is 3. The topological polar surface area (TPSA) is 63.7 Å². The van der Waals surface area contributed by atoms with Crippen molar-refractivity contribution >= 4 is 23.1 Å². The molecule has 2 aromatic rings. The Kier molecular flexibility index (Phi) is 6.35. The Balaban J connectivity index is 1.55. The molecule has 1 N–H and O–H groups in total. The molecule has 2 aliphatic heterocycles. The van der Waals surface area contributed by atoms with Gasteiger partial charge >= 0.3 is 6.18 Å². The van der Waals surface area contributed by atoms with E-state index in [1.807, 2.05) is 0 Å². The quantitative estimate of drug-likeness (QED) is 0.713. The molecule has 1 saturated heterocycles. The van der Waals surface area contributed by atoms with E-state index in [1.54, 1.807) is 30.1 Å². The third-order valence-electron chi connectivity index (χ3n) is 5.31. The van der Waals surface area contributed by atoms with E-state index in [4.69, 9.17) is 9.47 Å². The fourth-order valence-corrected chi connectivity index (χ4v) is 3.61. The van der Waals surface area contributed by atoms with Crippen LogP contribution in [0.1, 0.15) is 36.1 Å². The van der Waals surface area contributed by atoms with Crippen LogP contribution in [-0.4, -0.2) is 37.4 Å². The molecule has 32 heavy (non-hydrogen) atoms. The Morgan fingerprint density at radius 2 is 2.12 bits per heavy atom. The SMILES string of the molecule is CN1C(=O)Cc2cc(Nc3nc(C(F)(F)F)ccc3C#CCOC3CCCCO3)ccc21. The molecule has 6 nitrogen and oxygen atoms in total. The number of carbonyl (C=O) groups excluding carboxylic acids is 1. The average molecular weight is 445 g/mol. The number of likely N-dealkylation sites (N-methyl/N-ethyl adjacent to an activating group) is 1. The first-order valence-electron chi connectivity index (χ1n) is 10.3. The molecule has 0 saturated carbocycles. The second-order valence-electron chi connectivity index (χ2n) is 7.60. The van der Waals surface area contributed by atoms with Crippen molar-refractivity contribution in [2.45, 2.75) is 38.1 Å². The van der Waals surface area contributed by atoms with E-state index in [9.17, 15) is 18.0 Å². The van der Waals surface area contributed by atoms with Gasteiger partial charge in [0.05, 0.1) is 12.0 Å². The second-order valence-corrected chi connectivity index (χ2v) is 7.60. The number of hydrogen-bond donors (Lipinski definition) is 1. The van der Waals surface area contributed by atoms with Gasteiger partial charge in [0.15, 0.2) is 6.29 Å². The Morgan fingerprint density at radius 3 is 2.88 bits per heavy atom. The van der Waals surface area contributed by atoms with Crippen molar-refractivity contribution in [2.75, 3.05) is 30.5 Å². The minimum Gasteiger partial charge on any atom is -0.353 e. The maximum absolute atomic E-state index is 13.2. The first-order chi connectivity index (χ1) is 15.3. The lowest BCUT2D eigenvalue weighted by Gasteiger charge is -2.21. The lowest BCUT2D eigenvalue weighted by Crippen LogP contribution is -2.22. The number of amides is 1. The molecule has 2 aliphatic rings. The number of benzene rings is 1. The number of aromatic nitrogens is 1. The summed E-state index contributed by atoms with van der Waals surface area (Å²) in [5.74, 6) is 5.60. The number of anilines is 3. The first kappa shape index (κ1) is 22.1. The fourth-order valence-electron chi connectivity index (χ4n) is 3.61. The lowest BCUT2D eigenvalue weighted by atomic mass is 10.1. The van der Waals surface area contributed by atoms with Gasteiger partial charge in [0.2, 0.25) is 5.91 Å². The summed E-state index contributed by atoms with van der Waals surface area (Å²) < 4.78 is 50.7. The van der Waals surface area contributed by atoms with Gasteiger partial charge in [-0.1, -0.05) is 11.8 Å². The third-order valence-corrected chi connectivity index (χ3v) is 5.31. The lowest BCUT2D eigenvalue weighted by molar-refractivity contribution is -0.154. The number of alkyl halides is 3. The smallest absolute Gasteiger partial charge is 0.353 e. The normalized spacial score (nSPS) is 18.2. The Morgan fingerprint density at radius 1 is 1.28 bits per heavy atom. The molecule has 4 rings (SSSR count). The molecule has 1 amide bonds. The zero-order valence-corrected chi connectivity index (χ0v) is 17.5. The molecule has 3 heterocycles. The van der Waals surface area contributed by atoms with E-state index in [1.165, 1.54) is 6.07 Å². The van der Waals surface area contributed by atoms with Crippen molar-refractivity contribution in [1.82, 2.24) is 4.98 Å². The van der Waals surface area contributed by atoms with Crippen LogP contribution in [0.2, 0.25) is 0 Å². The number of nitrogens with one attached hydrogen (secondary N) is 1. The summed E-state index contributed by atoms with van der Waals surface area (Å²) in [6, 6.07) is 7.36. The van der Waals surface area contributed by atoms with Crippen molar-refractivity contribution in [1.29, 1.82) is 0 Å². The summed E-state index contributed by atoms with van der Waals surface area (Å²) >= 11 is 0. The van der Waals surface area contributed by atoms with Gasteiger partial charge in [0.25, 0.3) is 0 Å².